The number of carbonyl (C=O) groups is 1. The Morgan fingerprint density at radius 1 is 1.25 bits per heavy atom. The molecule has 0 aliphatic heterocycles. The van der Waals surface area contributed by atoms with Crippen LogP contribution >= 0.6 is 0 Å². The third-order valence-corrected chi connectivity index (χ3v) is 3.41. The summed E-state index contributed by atoms with van der Waals surface area (Å²) in [6, 6.07) is 6.70. The summed E-state index contributed by atoms with van der Waals surface area (Å²) in [7, 11) is 0. The first-order chi connectivity index (χ1) is 9.40. The average molecular weight is 272 g/mol. The fraction of sp³-hybridized carbons (Fsp3) is 0.267. The standard InChI is InChI=1S/C15H16N2O3/c1-8-6-11(15(19)20)4-5-12(8)10(3)13-7-9(2)16-17-14(13)18/h4-7,10H,1-3H3,(H,17,18)(H,19,20). The molecule has 0 bridgehead atoms. The third-order valence-electron chi connectivity index (χ3n) is 3.41. The van der Waals surface area contributed by atoms with Crippen LogP contribution in [0.5, 0.6) is 0 Å². The lowest BCUT2D eigenvalue weighted by Crippen LogP contribution is -2.18. The van der Waals surface area contributed by atoms with Crippen molar-refractivity contribution in [2.24, 2.45) is 0 Å². The van der Waals surface area contributed by atoms with Crippen LogP contribution in [0.3, 0.4) is 0 Å². The largest absolute Gasteiger partial charge is 0.478 e. The van der Waals surface area contributed by atoms with Crippen molar-refractivity contribution in [3.05, 3.63) is 62.6 Å². The van der Waals surface area contributed by atoms with Gasteiger partial charge in [-0.15, -0.1) is 0 Å². The number of hydrogen-bond donors (Lipinski definition) is 2. The van der Waals surface area contributed by atoms with E-state index in [0.717, 1.165) is 16.8 Å². The summed E-state index contributed by atoms with van der Waals surface area (Å²) in [6.07, 6.45) is 0. The van der Waals surface area contributed by atoms with Crippen LogP contribution in [0.25, 0.3) is 0 Å². The van der Waals surface area contributed by atoms with Crippen molar-refractivity contribution in [1.82, 2.24) is 10.2 Å². The van der Waals surface area contributed by atoms with Crippen molar-refractivity contribution in [2.45, 2.75) is 26.7 Å². The molecule has 1 heterocycles. The Labute approximate surface area is 116 Å². The van der Waals surface area contributed by atoms with E-state index in [4.69, 9.17) is 5.11 Å². The van der Waals surface area contributed by atoms with E-state index < -0.39 is 5.97 Å². The van der Waals surface area contributed by atoms with Gasteiger partial charge in [0.2, 0.25) is 0 Å². The van der Waals surface area contributed by atoms with Crippen molar-refractivity contribution in [1.29, 1.82) is 0 Å². The third kappa shape index (κ3) is 2.61. The molecule has 1 aromatic carbocycles. The molecule has 0 amide bonds. The lowest BCUT2D eigenvalue weighted by atomic mass is 9.90. The molecule has 0 saturated heterocycles. The predicted octanol–water partition coefficient (Wildman–Crippen LogP) is 2.24. The molecule has 2 aromatic rings. The minimum absolute atomic E-state index is 0.122. The monoisotopic (exact) mass is 272 g/mol. The van der Waals surface area contributed by atoms with Crippen LogP contribution in [0.15, 0.2) is 29.1 Å². The van der Waals surface area contributed by atoms with E-state index >= 15 is 0 Å². The summed E-state index contributed by atoms with van der Waals surface area (Å²) in [5.41, 5.74) is 3.19. The Hall–Kier alpha value is -2.43. The molecule has 0 aliphatic carbocycles. The summed E-state index contributed by atoms with van der Waals surface area (Å²) in [6.45, 7) is 5.58. The zero-order chi connectivity index (χ0) is 14.9. The highest BCUT2D eigenvalue weighted by atomic mass is 16.4. The van der Waals surface area contributed by atoms with Gasteiger partial charge in [-0.2, -0.15) is 5.10 Å². The van der Waals surface area contributed by atoms with Gasteiger partial charge in [0.25, 0.3) is 5.56 Å². The van der Waals surface area contributed by atoms with E-state index in [1.807, 2.05) is 20.8 Å². The van der Waals surface area contributed by atoms with Gasteiger partial charge in [-0.3, -0.25) is 4.79 Å². The number of hydrogen-bond acceptors (Lipinski definition) is 3. The fourth-order valence-corrected chi connectivity index (χ4v) is 2.31. The number of aromatic amines is 1. The highest BCUT2D eigenvalue weighted by Gasteiger charge is 2.16. The first-order valence-electron chi connectivity index (χ1n) is 6.30. The number of nitrogens with zero attached hydrogens (tertiary/aromatic N) is 1. The number of benzene rings is 1. The van der Waals surface area contributed by atoms with Gasteiger partial charge >= 0.3 is 5.97 Å². The molecule has 20 heavy (non-hydrogen) atoms. The van der Waals surface area contributed by atoms with E-state index in [9.17, 15) is 9.59 Å². The number of carboxylic acid groups (broad SMARTS) is 1. The Bertz CT molecular complexity index is 719. The van der Waals surface area contributed by atoms with Gasteiger partial charge in [0.15, 0.2) is 0 Å². The predicted molar refractivity (Wildman–Crippen MR) is 75.3 cm³/mol. The van der Waals surface area contributed by atoms with Crippen molar-refractivity contribution in [3.63, 3.8) is 0 Å². The second kappa shape index (κ2) is 5.28. The van der Waals surface area contributed by atoms with Crippen LogP contribution in [0, 0.1) is 13.8 Å². The van der Waals surface area contributed by atoms with E-state index in [0.29, 0.717) is 5.56 Å². The summed E-state index contributed by atoms with van der Waals surface area (Å²) < 4.78 is 0. The number of rotatable bonds is 3. The van der Waals surface area contributed by atoms with E-state index in [1.54, 1.807) is 24.3 Å². The molecule has 2 N–H and O–H groups in total. The lowest BCUT2D eigenvalue weighted by molar-refractivity contribution is 0.0696. The molecule has 1 aromatic heterocycles. The zero-order valence-electron chi connectivity index (χ0n) is 11.6. The number of H-pyrrole nitrogens is 1. The number of aryl methyl sites for hydroxylation is 2. The maximum Gasteiger partial charge on any atom is 0.335 e. The molecular formula is C15H16N2O3. The van der Waals surface area contributed by atoms with Crippen LogP contribution < -0.4 is 5.56 Å². The van der Waals surface area contributed by atoms with Crippen molar-refractivity contribution < 1.29 is 9.90 Å². The van der Waals surface area contributed by atoms with Gasteiger partial charge in [0.05, 0.1) is 11.3 Å². The minimum Gasteiger partial charge on any atom is -0.478 e. The minimum atomic E-state index is -0.954. The summed E-state index contributed by atoms with van der Waals surface area (Å²) in [5, 5.41) is 15.3. The molecule has 0 radical (unpaired) electrons. The van der Waals surface area contributed by atoms with Gasteiger partial charge in [0, 0.05) is 11.5 Å². The number of aromatic nitrogens is 2. The Balaban J connectivity index is 2.48. The summed E-state index contributed by atoms with van der Waals surface area (Å²) in [5.74, 6) is -1.08. The molecule has 2 rings (SSSR count). The topological polar surface area (TPSA) is 83.0 Å². The average Bonchev–Trinajstić information content (AvgIpc) is 2.40. The van der Waals surface area contributed by atoms with Crippen molar-refractivity contribution in [2.75, 3.05) is 0 Å². The second-order valence-corrected chi connectivity index (χ2v) is 4.89. The summed E-state index contributed by atoms with van der Waals surface area (Å²) in [4.78, 5) is 22.8. The smallest absolute Gasteiger partial charge is 0.335 e. The summed E-state index contributed by atoms with van der Waals surface area (Å²) >= 11 is 0. The Kier molecular flexibility index (Phi) is 3.70. The second-order valence-electron chi connectivity index (χ2n) is 4.89. The van der Waals surface area contributed by atoms with Crippen LogP contribution in [-0.4, -0.2) is 21.3 Å². The normalized spacial score (nSPS) is 12.2. The maximum atomic E-state index is 11.9. The van der Waals surface area contributed by atoms with Gasteiger partial charge < -0.3 is 5.11 Å². The first-order valence-corrected chi connectivity index (χ1v) is 6.30. The number of aromatic carboxylic acids is 1. The van der Waals surface area contributed by atoms with Gasteiger partial charge in [-0.1, -0.05) is 13.0 Å². The number of nitrogens with one attached hydrogen (secondary N) is 1. The van der Waals surface area contributed by atoms with Crippen molar-refractivity contribution in [3.8, 4) is 0 Å². The van der Waals surface area contributed by atoms with Crippen LogP contribution in [0.4, 0.5) is 0 Å². The quantitative estimate of drug-likeness (QED) is 0.897. The molecule has 5 nitrogen and oxygen atoms in total. The van der Waals surface area contributed by atoms with Crippen LogP contribution in [0.1, 0.15) is 45.6 Å². The highest BCUT2D eigenvalue weighted by Crippen LogP contribution is 2.25. The molecule has 0 fully saturated rings. The molecular weight excluding hydrogens is 256 g/mol. The number of carboxylic acids is 1. The Morgan fingerprint density at radius 2 is 1.95 bits per heavy atom. The SMILES string of the molecule is Cc1cc(C(C)c2ccc(C(=O)O)cc2C)c(=O)[nH]n1. The molecule has 0 spiro atoms. The van der Waals surface area contributed by atoms with E-state index in [1.165, 1.54) is 0 Å². The maximum absolute atomic E-state index is 11.9. The molecule has 0 saturated carbocycles. The molecule has 1 unspecified atom stereocenters. The van der Waals surface area contributed by atoms with Gasteiger partial charge in [-0.25, -0.2) is 9.89 Å². The molecule has 1 atom stereocenters. The van der Waals surface area contributed by atoms with E-state index in [-0.39, 0.29) is 17.0 Å². The molecule has 104 valence electrons. The zero-order valence-corrected chi connectivity index (χ0v) is 11.6. The van der Waals surface area contributed by atoms with Crippen LogP contribution in [-0.2, 0) is 0 Å². The first kappa shape index (κ1) is 14.0. The molecule has 5 heteroatoms. The van der Waals surface area contributed by atoms with Crippen LogP contribution in [0.2, 0.25) is 0 Å². The molecule has 0 aliphatic rings. The van der Waals surface area contributed by atoms with Gasteiger partial charge in [0.1, 0.15) is 0 Å². The van der Waals surface area contributed by atoms with E-state index in [2.05, 4.69) is 10.2 Å². The van der Waals surface area contributed by atoms with Gasteiger partial charge in [-0.05, 0) is 43.2 Å². The highest BCUT2D eigenvalue weighted by molar-refractivity contribution is 5.87. The Morgan fingerprint density at radius 3 is 2.55 bits per heavy atom. The fourth-order valence-electron chi connectivity index (χ4n) is 2.31. The lowest BCUT2D eigenvalue weighted by Gasteiger charge is -2.15. The van der Waals surface area contributed by atoms with Crippen molar-refractivity contribution >= 4 is 5.97 Å².